The van der Waals surface area contributed by atoms with Crippen molar-refractivity contribution in [3.05, 3.63) is 35.0 Å². The monoisotopic (exact) mass is 263 g/mol. The molecule has 0 radical (unpaired) electrons. The molecule has 2 aromatic heterocycles. The SMILES string of the molecule is Cc1nc(-c2ccccn2)sc1C(=O)NCCO. The summed E-state index contributed by atoms with van der Waals surface area (Å²) < 4.78 is 0. The van der Waals surface area contributed by atoms with Gasteiger partial charge < -0.3 is 10.4 Å². The fourth-order valence-electron chi connectivity index (χ4n) is 1.46. The third-order valence-electron chi connectivity index (χ3n) is 2.28. The van der Waals surface area contributed by atoms with Crippen molar-refractivity contribution in [1.29, 1.82) is 0 Å². The molecule has 0 aliphatic heterocycles. The van der Waals surface area contributed by atoms with Crippen LogP contribution >= 0.6 is 11.3 Å². The Labute approximate surface area is 109 Å². The molecule has 1 amide bonds. The molecular weight excluding hydrogens is 250 g/mol. The minimum atomic E-state index is -0.207. The largest absolute Gasteiger partial charge is 0.395 e. The minimum Gasteiger partial charge on any atom is -0.395 e. The van der Waals surface area contributed by atoms with Crippen molar-refractivity contribution in [1.82, 2.24) is 15.3 Å². The van der Waals surface area contributed by atoms with Crippen molar-refractivity contribution in [3.63, 3.8) is 0 Å². The van der Waals surface area contributed by atoms with Crippen LogP contribution in [0.2, 0.25) is 0 Å². The average Bonchev–Trinajstić information content (AvgIpc) is 2.79. The summed E-state index contributed by atoms with van der Waals surface area (Å²) >= 11 is 1.30. The van der Waals surface area contributed by atoms with Crippen LogP contribution in [0.25, 0.3) is 10.7 Å². The molecule has 2 rings (SSSR count). The number of hydrogen-bond acceptors (Lipinski definition) is 5. The van der Waals surface area contributed by atoms with Crippen molar-refractivity contribution >= 4 is 17.2 Å². The summed E-state index contributed by atoms with van der Waals surface area (Å²) in [5.74, 6) is -0.207. The zero-order valence-corrected chi connectivity index (χ0v) is 10.7. The number of aromatic nitrogens is 2. The van der Waals surface area contributed by atoms with Crippen molar-refractivity contribution in [2.75, 3.05) is 13.2 Å². The predicted octanol–water partition coefficient (Wildman–Crippen LogP) is 1.24. The van der Waals surface area contributed by atoms with E-state index in [9.17, 15) is 4.79 Å². The van der Waals surface area contributed by atoms with Crippen LogP contribution in [0, 0.1) is 6.92 Å². The molecule has 0 fully saturated rings. The number of thiazole rings is 1. The van der Waals surface area contributed by atoms with Gasteiger partial charge in [-0.1, -0.05) is 6.07 Å². The number of carbonyl (C=O) groups excluding carboxylic acids is 1. The Morgan fingerprint density at radius 1 is 1.50 bits per heavy atom. The van der Waals surface area contributed by atoms with Gasteiger partial charge in [-0.25, -0.2) is 4.98 Å². The van der Waals surface area contributed by atoms with Gasteiger partial charge in [-0.05, 0) is 19.1 Å². The van der Waals surface area contributed by atoms with Gasteiger partial charge in [0.05, 0.1) is 18.0 Å². The lowest BCUT2D eigenvalue weighted by atomic mass is 10.3. The number of rotatable bonds is 4. The lowest BCUT2D eigenvalue weighted by Crippen LogP contribution is -2.26. The number of aliphatic hydroxyl groups excluding tert-OH is 1. The van der Waals surface area contributed by atoms with Gasteiger partial charge in [0.1, 0.15) is 9.88 Å². The van der Waals surface area contributed by atoms with E-state index in [4.69, 9.17) is 5.11 Å². The van der Waals surface area contributed by atoms with Crippen LogP contribution in [0.15, 0.2) is 24.4 Å². The summed E-state index contributed by atoms with van der Waals surface area (Å²) in [6, 6.07) is 5.57. The highest BCUT2D eigenvalue weighted by atomic mass is 32.1. The van der Waals surface area contributed by atoms with E-state index in [1.165, 1.54) is 11.3 Å². The van der Waals surface area contributed by atoms with Gasteiger partial charge >= 0.3 is 0 Å². The number of amides is 1. The van der Waals surface area contributed by atoms with E-state index >= 15 is 0 Å². The number of hydrogen-bond donors (Lipinski definition) is 2. The molecule has 0 spiro atoms. The molecule has 0 saturated heterocycles. The Kier molecular flexibility index (Phi) is 4.01. The molecular formula is C12H13N3O2S. The lowest BCUT2D eigenvalue weighted by Gasteiger charge is -1.99. The minimum absolute atomic E-state index is 0.0727. The quantitative estimate of drug-likeness (QED) is 0.870. The number of aliphatic hydroxyl groups is 1. The highest BCUT2D eigenvalue weighted by Crippen LogP contribution is 2.26. The first-order chi connectivity index (χ1) is 8.72. The van der Waals surface area contributed by atoms with Crippen molar-refractivity contribution in [2.45, 2.75) is 6.92 Å². The first-order valence-corrected chi connectivity index (χ1v) is 6.32. The molecule has 0 bridgehead atoms. The highest BCUT2D eigenvalue weighted by molar-refractivity contribution is 7.17. The number of aryl methyl sites for hydroxylation is 1. The van der Waals surface area contributed by atoms with Gasteiger partial charge in [0.25, 0.3) is 5.91 Å². The molecule has 18 heavy (non-hydrogen) atoms. The molecule has 0 aromatic carbocycles. The van der Waals surface area contributed by atoms with Crippen LogP contribution < -0.4 is 5.32 Å². The van der Waals surface area contributed by atoms with E-state index in [1.54, 1.807) is 13.1 Å². The van der Waals surface area contributed by atoms with Gasteiger partial charge in [-0.2, -0.15) is 0 Å². The molecule has 5 nitrogen and oxygen atoms in total. The Hall–Kier alpha value is -1.79. The fourth-order valence-corrected chi connectivity index (χ4v) is 2.42. The normalized spacial score (nSPS) is 10.3. The maximum absolute atomic E-state index is 11.8. The number of nitrogens with zero attached hydrogens (tertiary/aromatic N) is 2. The standard InChI is InChI=1S/C12H13N3O2S/c1-8-10(11(17)14-6-7-16)18-12(15-8)9-4-2-3-5-13-9/h2-5,16H,6-7H2,1H3,(H,14,17). The van der Waals surface area contributed by atoms with E-state index in [0.29, 0.717) is 10.6 Å². The first-order valence-electron chi connectivity index (χ1n) is 5.50. The third kappa shape index (κ3) is 2.72. The van der Waals surface area contributed by atoms with Crippen LogP contribution in [0.4, 0.5) is 0 Å². The summed E-state index contributed by atoms with van der Waals surface area (Å²) in [5, 5.41) is 12.0. The van der Waals surface area contributed by atoms with Crippen LogP contribution in [0.5, 0.6) is 0 Å². The number of nitrogens with one attached hydrogen (secondary N) is 1. The van der Waals surface area contributed by atoms with Crippen molar-refractivity contribution in [3.8, 4) is 10.7 Å². The predicted molar refractivity (Wildman–Crippen MR) is 69.5 cm³/mol. The summed E-state index contributed by atoms with van der Waals surface area (Å²) in [5.41, 5.74) is 1.43. The van der Waals surface area contributed by atoms with Crippen molar-refractivity contribution in [2.24, 2.45) is 0 Å². The van der Waals surface area contributed by atoms with Gasteiger partial charge in [0.15, 0.2) is 0 Å². The first kappa shape index (κ1) is 12.7. The second-order valence-corrected chi connectivity index (χ2v) is 4.63. The molecule has 94 valence electrons. The van der Waals surface area contributed by atoms with Crippen LogP contribution in [-0.2, 0) is 0 Å². The zero-order chi connectivity index (χ0) is 13.0. The van der Waals surface area contributed by atoms with E-state index in [2.05, 4.69) is 15.3 Å². The van der Waals surface area contributed by atoms with Gasteiger partial charge in [0.2, 0.25) is 0 Å². The highest BCUT2D eigenvalue weighted by Gasteiger charge is 2.15. The van der Waals surface area contributed by atoms with Crippen LogP contribution in [0.1, 0.15) is 15.4 Å². The van der Waals surface area contributed by atoms with E-state index in [1.807, 2.05) is 18.2 Å². The molecule has 0 saturated carbocycles. The Balaban J connectivity index is 2.25. The maximum Gasteiger partial charge on any atom is 0.263 e. The molecule has 2 aromatic rings. The molecule has 0 unspecified atom stereocenters. The van der Waals surface area contributed by atoms with Gasteiger partial charge in [0, 0.05) is 12.7 Å². The zero-order valence-electron chi connectivity index (χ0n) is 9.88. The molecule has 0 aliphatic carbocycles. The summed E-state index contributed by atoms with van der Waals surface area (Å²) in [6.07, 6.45) is 1.69. The number of pyridine rings is 1. The molecule has 0 atom stereocenters. The average molecular weight is 263 g/mol. The van der Waals surface area contributed by atoms with E-state index in [-0.39, 0.29) is 19.1 Å². The third-order valence-corrected chi connectivity index (χ3v) is 3.46. The molecule has 2 N–H and O–H groups in total. The van der Waals surface area contributed by atoms with Gasteiger partial charge in [-0.15, -0.1) is 11.3 Å². The summed E-state index contributed by atoms with van der Waals surface area (Å²) in [6.45, 7) is 1.96. The van der Waals surface area contributed by atoms with E-state index in [0.717, 1.165) is 10.7 Å². The maximum atomic E-state index is 11.8. The number of carbonyl (C=O) groups is 1. The second-order valence-electron chi connectivity index (χ2n) is 3.63. The Morgan fingerprint density at radius 2 is 2.33 bits per heavy atom. The van der Waals surface area contributed by atoms with Crippen LogP contribution in [-0.4, -0.2) is 34.1 Å². The lowest BCUT2D eigenvalue weighted by molar-refractivity contribution is 0.0948. The smallest absolute Gasteiger partial charge is 0.263 e. The topological polar surface area (TPSA) is 75.1 Å². The van der Waals surface area contributed by atoms with Crippen molar-refractivity contribution < 1.29 is 9.90 Å². The second kappa shape index (κ2) is 5.70. The molecule has 0 aliphatic rings. The molecule has 6 heteroatoms. The Bertz CT molecular complexity index is 540. The Morgan fingerprint density at radius 3 is 3.00 bits per heavy atom. The van der Waals surface area contributed by atoms with Crippen LogP contribution in [0.3, 0.4) is 0 Å². The van der Waals surface area contributed by atoms with Gasteiger partial charge in [-0.3, -0.25) is 9.78 Å². The summed E-state index contributed by atoms with van der Waals surface area (Å²) in [4.78, 5) is 20.9. The fraction of sp³-hybridized carbons (Fsp3) is 0.250. The summed E-state index contributed by atoms with van der Waals surface area (Å²) in [7, 11) is 0. The molecule has 2 heterocycles. The van der Waals surface area contributed by atoms with E-state index < -0.39 is 0 Å².